The minimum atomic E-state index is -0.0904. The van der Waals surface area contributed by atoms with Crippen LogP contribution in [0.5, 0.6) is 5.75 Å². The van der Waals surface area contributed by atoms with E-state index in [0.29, 0.717) is 6.61 Å². The van der Waals surface area contributed by atoms with Gasteiger partial charge in [-0.15, -0.1) is 11.8 Å². The quantitative estimate of drug-likeness (QED) is 0.435. The zero-order chi connectivity index (χ0) is 22.2. The lowest BCUT2D eigenvalue weighted by Crippen LogP contribution is -2.45. The van der Waals surface area contributed by atoms with Crippen molar-refractivity contribution in [2.45, 2.75) is 19.3 Å². The second-order valence-corrected chi connectivity index (χ2v) is 9.17. The maximum Gasteiger partial charge on any atom is 0.248 e. The van der Waals surface area contributed by atoms with Crippen molar-refractivity contribution in [2.75, 3.05) is 39.3 Å². The number of thioether (sulfide) groups is 1. The standard InChI is InChI=1S/C26H31N3O2S/c1-21(6-4-7-24-8-5-19-32-24)29-16-14-28(15-17-29)13-2-3-18-31-23-11-9-22-10-12-26(30)27-25(22)20-23/h4-7,9-12,19-20H,1-3,8,13-18H2,(H,27,30)/b6-4-,24-7+. The first-order valence-electron chi connectivity index (χ1n) is 11.3. The number of aromatic nitrogens is 1. The monoisotopic (exact) mass is 449 g/mol. The van der Waals surface area contributed by atoms with Gasteiger partial charge in [0.25, 0.3) is 0 Å². The Balaban J connectivity index is 1.11. The van der Waals surface area contributed by atoms with E-state index in [1.165, 1.54) is 4.91 Å². The van der Waals surface area contributed by atoms with Crippen molar-refractivity contribution in [1.82, 2.24) is 14.8 Å². The molecule has 1 aromatic carbocycles. The third-order valence-electron chi connectivity index (χ3n) is 5.82. The molecule has 0 atom stereocenters. The Hall–Kier alpha value is -2.70. The molecule has 1 aromatic heterocycles. The third-order valence-corrected chi connectivity index (χ3v) is 6.75. The van der Waals surface area contributed by atoms with Crippen LogP contribution in [0.4, 0.5) is 0 Å². The SMILES string of the molecule is C=C(/C=C\C=C1/CC=CS1)N1CCN(CCCCOc2ccc3ccc(=O)[nH]c3c2)CC1. The number of nitrogens with one attached hydrogen (secondary N) is 1. The van der Waals surface area contributed by atoms with E-state index in [2.05, 4.69) is 51.1 Å². The molecule has 0 amide bonds. The fourth-order valence-corrected chi connectivity index (χ4v) is 4.65. The molecule has 0 aliphatic carbocycles. The molecule has 1 fully saturated rings. The van der Waals surface area contributed by atoms with E-state index in [1.807, 2.05) is 24.3 Å². The molecular weight excluding hydrogens is 418 g/mol. The van der Waals surface area contributed by atoms with Gasteiger partial charge in [-0.2, -0.15) is 0 Å². The van der Waals surface area contributed by atoms with Crippen molar-refractivity contribution in [1.29, 1.82) is 0 Å². The number of benzene rings is 1. The predicted molar refractivity (Wildman–Crippen MR) is 135 cm³/mol. The van der Waals surface area contributed by atoms with Gasteiger partial charge in [0, 0.05) is 44.0 Å². The molecule has 0 saturated carbocycles. The number of fused-ring (bicyclic) bond motifs is 1. The number of piperazine rings is 1. The van der Waals surface area contributed by atoms with E-state index in [-0.39, 0.29) is 5.56 Å². The molecule has 0 spiro atoms. The highest BCUT2D eigenvalue weighted by Gasteiger charge is 2.16. The summed E-state index contributed by atoms with van der Waals surface area (Å²) in [5.41, 5.74) is 1.82. The number of hydrogen-bond donors (Lipinski definition) is 1. The fourth-order valence-electron chi connectivity index (χ4n) is 3.93. The number of rotatable bonds is 9. The van der Waals surface area contributed by atoms with Crippen molar-refractivity contribution >= 4 is 22.7 Å². The molecule has 2 aliphatic heterocycles. The summed E-state index contributed by atoms with van der Waals surface area (Å²) in [6.07, 6.45) is 11.8. The molecule has 2 aliphatic rings. The van der Waals surface area contributed by atoms with E-state index < -0.39 is 0 Å². The number of pyridine rings is 1. The van der Waals surface area contributed by atoms with Crippen molar-refractivity contribution in [3.8, 4) is 5.75 Å². The molecule has 2 aromatic rings. The van der Waals surface area contributed by atoms with E-state index in [1.54, 1.807) is 17.8 Å². The average Bonchev–Trinajstić information content (AvgIpc) is 3.32. The number of hydrogen-bond acceptors (Lipinski definition) is 5. The lowest BCUT2D eigenvalue weighted by atomic mass is 10.2. The van der Waals surface area contributed by atoms with E-state index in [4.69, 9.17) is 4.74 Å². The summed E-state index contributed by atoms with van der Waals surface area (Å²) in [6, 6.07) is 9.21. The van der Waals surface area contributed by atoms with Crippen LogP contribution < -0.4 is 10.3 Å². The Bertz CT molecular complexity index is 1070. The maximum absolute atomic E-state index is 11.5. The van der Waals surface area contributed by atoms with Crippen molar-refractivity contribution in [3.63, 3.8) is 0 Å². The largest absolute Gasteiger partial charge is 0.494 e. The zero-order valence-electron chi connectivity index (χ0n) is 18.5. The van der Waals surface area contributed by atoms with Crippen molar-refractivity contribution in [2.24, 2.45) is 0 Å². The molecule has 1 N–H and O–H groups in total. The first-order chi connectivity index (χ1) is 15.7. The Morgan fingerprint density at radius 1 is 1.16 bits per heavy atom. The lowest BCUT2D eigenvalue weighted by molar-refractivity contribution is 0.157. The highest BCUT2D eigenvalue weighted by atomic mass is 32.2. The molecular formula is C26H31N3O2S. The van der Waals surface area contributed by atoms with Crippen LogP contribution in [0.2, 0.25) is 0 Å². The molecule has 168 valence electrons. The molecule has 4 rings (SSSR count). The van der Waals surface area contributed by atoms with Crippen LogP contribution in [-0.2, 0) is 0 Å². The van der Waals surface area contributed by atoms with Crippen LogP contribution in [0, 0.1) is 0 Å². The molecule has 0 bridgehead atoms. The number of nitrogens with zero attached hydrogens (tertiary/aromatic N) is 2. The van der Waals surface area contributed by atoms with Gasteiger partial charge in [0.2, 0.25) is 5.56 Å². The van der Waals surface area contributed by atoms with Gasteiger partial charge >= 0.3 is 0 Å². The van der Waals surface area contributed by atoms with Crippen LogP contribution in [-0.4, -0.2) is 54.1 Å². The normalized spacial score (nSPS) is 18.2. The summed E-state index contributed by atoms with van der Waals surface area (Å²) >= 11 is 1.80. The van der Waals surface area contributed by atoms with Crippen molar-refractivity contribution < 1.29 is 4.74 Å². The first kappa shape index (κ1) is 22.5. The third kappa shape index (κ3) is 6.40. The minimum absolute atomic E-state index is 0.0904. The van der Waals surface area contributed by atoms with Crippen LogP contribution >= 0.6 is 11.8 Å². The summed E-state index contributed by atoms with van der Waals surface area (Å²) in [4.78, 5) is 20.6. The van der Waals surface area contributed by atoms with Gasteiger partial charge in [-0.05, 0) is 65.8 Å². The fraction of sp³-hybridized carbons (Fsp3) is 0.346. The van der Waals surface area contributed by atoms with Crippen molar-refractivity contribution in [3.05, 3.63) is 87.6 Å². The summed E-state index contributed by atoms with van der Waals surface area (Å²) < 4.78 is 5.89. The zero-order valence-corrected chi connectivity index (χ0v) is 19.3. The summed E-state index contributed by atoms with van der Waals surface area (Å²) in [7, 11) is 0. The predicted octanol–water partition coefficient (Wildman–Crippen LogP) is 4.91. The average molecular weight is 450 g/mol. The molecule has 0 unspecified atom stereocenters. The molecule has 0 radical (unpaired) electrons. The smallest absolute Gasteiger partial charge is 0.248 e. The minimum Gasteiger partial charge on any atom is -0.494 e. The Morgan fingerprint density at radius 3 is 2.81 bits per heavy atom. The number of ether oxygens (including phenoxy) is 1. The Labute approximate surface area is 194 Å². The summed E-state index contributed by atoms with van der Waals surface area (Å²) in [6.45, 7) is 10.2. The maximum atomic E-state index is 11.5. The lowest BCUT2D eigenvalue weighted by Gasteiger charge is -2.36. The topological polar surface area (TPSA) is 48.6 Å². The highest BCUT2D eigenvalue weighted by Crippen LogP contribution is 2.27. The van der Waals surface area contributed by atoms with Gasteiger partial charge in [-0.25, -0.2) is 0 Å². The number of allylic oxidation sites excluding steroid dienone is 5. The van der Waals surface area contributed by atoms with Gasteiger partial charge in [0.1, 0.15) is 5.75 Å². The highest BCUT2D eigenvalue weighted by molar-refractivity contribution is 8.06. The Kier molecular flexibility index (Phi) is 7.91. The van der Waals surface area contributed by atoms with Crippen LogP contribution in [0.15, 0.2) is 82.0 Å². The number of unbranched alkanes of at least 4 members (excludes halogenated alkanes) is 1. The summed E-state index contributed by atoms with van der Waals surface area (Å²) in [5, 5.41) is 3.16. The second-order valence-electron chi connectivity index (χ2n) is 8.13. The van der Waals surface area contributed by atoms with E-state index >= 15 is 0 Å². The van der Waals surface area contributed by atoms with Gasteiger partial charge in [0.15, 0.2) is 0 Å². The second kappa shape index (κ2) is 11.2. The number of aromatic amines is 1. The molecule has 1 saturated heterocycles. The molecule has 3 heterocycles. The number of H-pyrrole nitrogens is 1. The molecule has 32 heavy (non-hydrogen) atoms. The Morgan fingerprint density at radius 2 is 2.00 bits per heavy atom. The van der Waals surface area contributed by atoms with Crippen LogP contribution in [0.1, 0.15) is 19.3 Å². The first-order valence-corrected chi connectivity index (χ1v) is 12.2. The van der Waals surface area contributed by atoms with Gasteiger partial charge in [-0.1, -0.05) is 24.8 Å². The van der Waals surface area contributed by atoms with Crippen LogP contribution in [0.3, 0.4) is 0 Å². The van der Waals surface area contributed by atoms with Gasteiger partial charge in [-0.3, -0.25) is 9.69 Å². The van der Waals surface area contributed by atoms with Gasteiger partial charge in [0.05, 0.1) is 12.1 Å². The van der Waals surface area contributed by atoms with E-state index in [9.17, 15) is 4.79 Å². The molecule has 5 nitrogen and oxygen atoms in total. The summed E-state index contributed by atoms with van der Waals surface area (Å²) in [5.74, 6) is 0.804. The molecule has 6 heteroatoms. The van der Waals surface area contributed by atoms with Gasteiger partial charge < -0.3 is 14.6 Å². The van der Waals surface area contributed by atoms with E-state index in [0.717, 1.165) is 74.3 Å². The van der Waals surface area contributed by atoms with Crippen LogP contribution in [0.25, 0.3) is 10.9 Å².